The molecular weight excluding hydrogens is 502 g/mol. The van der Waals surface area contributed by atoms with Crippen LogP contribution < -0.4 is 10.6 Å². The number of phenolic OH excluding ortho intramolecular Hbond substituents is 1. The Kier molecular flexibility index (Phi) is 12.3. The third-order valence-electron chi connectivity index (χ3n) is 6.93. The van der Waals surface area contributed by atoms with Crippen molar-refractivity contribution in [2.45, 2.75) is 116 Å². The summed E-state index contributed by atoms with van der Waals surface area (Å²) in [6, 6.07) is 3.06. The molecular formula is C29H47N3O5S. The molecule has 0 radical (unpaired) electrons. The van der Waals surface area contributed by atoms with Crippen LogP contribution in [-0.2, 0) is 14.3 Å². The molecule has 1 aliphatic rings. The van der Waals surface area contributed by atoms with Crippen molar-refractivity contribution in [1.82, 2.24) is 15.5 Å². The molecule has 3 unspecified atom stereocenters. The summed E-state index contributed by atoms with van der Waals surface area (Å²) in [5, 5.41) is 16.1. The molecule has 0 heterocycles. The van der Waals surface area contributed by atoms with Gasteiger partial charge in [0.2, 0.25) is 11.8 Å². The lowest BCUT2D eigenvalue weighted by molar-refractivity contribution is -0.145. The fourth-order valence-corrected chi connectivity index (χ4v) is 5.20. The van der Waals surface area contributed by atoms with Gasteiger partial charge in [0.25, 0.3) is 0 Å². The number of nitrogens with one attached hydrogen (secondary N) is 2. The molecule has 1 aromatic carbocycles. The second-order valence-corrected chi connectivity index (χ2v) is 12.3. The van der Waals surface area contributed by atoms with E-state index in [4.69, 9.17) is 4.74 Å². The molecule has 8 nitrogen and oxygen atoms in total. The number of carbonyl (C=O) groups excluding carboxylic acids is 3. The van der Waals surface area contributed by atoms with Gasteiger partial charge in [-0.3, -0.25) is 9.59 Å². The van der Waals surface area contributed by atoms with Crippen molar-refractivity contribution < 1.29 is 24.2 Å². The molecule has 2 rings (SSSR count). The zero-order valence-electron chi connectivity index (χ0n) is 24.1. The first-order valence-corrected chi connectivity index (χ1v) is 15.2. The SMILES string of the molecule is CCC(C)N(C(=O)C(CCSC)NC(=O)OC(C)(C)C)C(C(=O)NC1CCCCC1)c1ccc(O)c(C)c1. The lowest BCUT2D eigenvalue weighted by Crippen LogP contribution is -2.56. The van der Waals surface area contributed by atoms with Crippen molar-refractivity contribution in [3.05, 3.63) is 29.3 Å². The van der Waals surface area contributed by atoms with E-state index in [1.165, 1.54) is 0 Å². The Morgan fingerprint density at radius 1 is 1.18 bits per heavy atom. The Morgan fingerprint density at radius 3 is 2.39 bits per heavy atom. The zero-order valence-corrected chi connectivity index (χ0v) is 25.0. The molecule has 3 atom stereocenters. The predicted octanol–water partition coefficient (Wildman–Crippen LogP) is 5.46. The minimum Gasteiger partial charge on any atom is -0.508 e. The molecule has 3 amide bonds. The Hall–Kier alpha value is -2.42. The summed E-state index contributed by atoms with van der Waals surface area (Å²) in [6.45, 7) is 11.0. The van der Waals surface area contributed by atoms with E-state index in [9.17, 15) is 19.5 Å². The molecule has 214 valence electrons. The maximum atomic E-state index is 14.2. The predicted molar refractivity (Wildman–Crippen MR) is 153 cm³/mol. The number of ether oxygens (including phenoxy) is 1. The fourth-order valence-electron chi connectivity index (χ4n) is 4.73. The monoisotopic (exact) mass is 549 g/mol. The highest BCUT2D eigenvalue weighted by Gasteiger charge is 2.39. The van der Waals surface area contributed by atoms with Gasteiger partial charge in [0.05, 0.1) is 0 Å². The fraction of sp³-hybridized carbons (Fsp3) is 0.690. The number of carbonyl (C=O) groups is 3. The smallest absolute Gasteiger partial charge is 0.408 e. The van der Waals surface area contributed by atoms with Gasteiger partial charge < -0.3 is 25.4 Å². The van der Waals surface area contributed by atoms with E-state index >= 15 is 0 Å². The number of alkyl carbamates (subject to hydrolysis) is 1. The van der Waals surface area contributed by atoms with Crippen molar-refractivity contribution in [2.75, 3.05) is 12.0 Å². The molecule has 38 heavy (non-hydrogen) atoms. The average Bonchev–Trinajstić information content (AvgIpc) is 2.85. The number of phenols is 1. The van der Waals surface area contributed by atoms with Gasteiger partial charge >= 0.3 is 6.09 Å². The molecule has 3 N–H and O–H groups in total. The van der Waals surface area contributed by atoms with Gasteiger partial charge in [-0.25, -0.2) is 4.79 Å². The average molecular weight is 550 g/mol. The van der Waals surface area contributed by atoms with Gasteiger partial charge in [0, 0.05) is 12.1 Å². The Labute approximate surface area is 232 Å². The van der Waals surface area contributed by atoms with Crippen LogP contribution in [0.1, 0.15) is 96.7 Å². The van der Waals surface area contributed by atoms with Crippen LogP contribution in [0, 0.1) is 6.92 Å². The molecule has 0 bridgehead atoms. The molecule has 0 spiro atoms. The summed E-state index contributed by atoms with van der Waals surface area (Å²) in [7, 11) is 0. The van der Waals surface area contributed by atoms with Crippen LogP contribution in [-0.4, -0.2) is 63.6 Å². The van der Waals surface area contributed by atoms with Gasteiger partial charge in [-0.2, -0.15) is 11.8 Å². The molecule has 1 saturated carbocycles. The molecule has 9 heteroatoms. The van der Waals surface area contributed by atoms with Crippen LogP contribution in [0.2, 0.25) is 0 Å². The number of hydrogen-bond acceptors (Lipinski definition) is 6. The summed E-state index contributed by atoms with van der Waals surface area (Å²) in [5.41, 5.74) is 0.544. The number of aromatic hydroxyl groups is 1. The minimum atomic E-state index is -0.907. The third-order valence-corrected chi connectivity index (χ3v) is 7.58. The highest BCUT2D eigenvalue weighted by Crippen LogP contribution is 2.30. The summed E-state index contributed by atoms with van der Waals surface area (Å²) >= 11 is 1.58. The van der Waals surface area contributed by atoms with E-state index in [0.29, 0.717) is 29.7 Å². The van der Waals surface area contributed by atoms with E-state index < -0.39 is 23.8 Å². The third kappa shape index (κ3) is 9.40. The van der Waals surface area contributed by atoms with Gasteiger partial charge in [-0.1, -0.05) is 32.3 Å². The van der Waals surface area contributed by atoms with Gasteiger partial charge in [0.15, 0.2) is 0 Å². The van der Waals surface area contributed by atoms with Crippen molar-refractivity contribution in [3.63, 3.8) is 0 Å². The number of aryl methyl sites for hydroxylation is 1. The first-order chi connectivity index (χ1) is 17.9. The van der Waals surface area contributed by atoms with Crippen LogP contribution >= 0.6 is 11.8 Å². The van der Waals surface area contributed by atoms with Crippen LogP contribution in [0.3, 0.4) is 0 Å². The number of benzene rings is 1. The molecule has 0 aromatic heterocycles. The van der Waals surface area contributed by atoms with Crippen LogP contribution in [0.5, 0.6) is 5.75 Å². The number of nitrogens with zero attached hydrogens (tertiary/aromatic N) is 1. The molecule has 0 aliphatic heterocycles. The normalized spacial score (nSPS) is 16.7. The van der Waals surface area contributed by atoms with E-state index in [0.717, 1.165) is 32.1 Å². The van der Waals surface area contributed by atoms with E-state index in [-0.39, 0.29) is 29.6 Å². The highest BCUT2D eigenvalue weighted by atomic mass is 32.2. The van der Waals surface area contributed by atoms with Crippen molar-refractivity contribution >= 4 is 29.7 Å². The van der Waals surface area contributed by atoms with Crippen molar-refractivity contribution in [3.8, 4) is 5.75 Å². The Balaban J connectivity index is 2.50. The van der Waals surface area contributed by atoms with E-state index in [1.807, 2.05) is 20.1 Å². The van der Waals surface area contributed by atoms with Crippen molar-refractivity contribution in [1.29, 1.82) is 0 Å². The van der Waals surface area contributed by atoms with Gasteiger partial charge in [-0.15, -0.1) is 0 Å². The summed E-state index contributed by atoms with van der Waals surface area (Å²) in [5.74, 6) is 0.217. The Bertz CT molecular complexity index is 943. The summed E-state index contributed by atoms with van der Waals surface area (Å²) in [6.07, 6.45) is 7.44. The molecule has 1 aromatic rings. The lowest BCUT2D eigenvalue weighted by atomic mass is 9.93. The molecule has 0 saturated heterocycles. The maximum absolute atomic E-state index is 14.2. The van der Waals surface area contributed by atoms with Gasteiger partial charge in [-0.05, 0) is 95.6 Å². The number of amides is 3. The first-order valence-electron chi connectivity index (χ1n) is 13.8. The second kappa shape index (κ2) is 14.7. The van der Waals surface area contributed by atoms with Crippen molar-refractivity contribution in [2.24, 2.45) is 0 Å². The number of rotatable bonds is 11. The van der Waals surface area contributed by atoms with Crippen LogP contribution in [0.15, 0.2) is 18.2 Å². The quantitative estimate of drug-likeness (QED) is 0.338. The second-order valence-electron chi connectivity index (χ2n) is 11.3. The molecule has 1 fully saturated rings. The largest absolute Gasteiger partial charge is 0.508 e. The minimum absolute atomic E-state index is 0.0676. The summed E-state index contributed by atoms with van der Waals surface area (Å²) < 4.78 is 5.45. The van der Waals surface area contributed by atoms with Gasteiger partial charge in [0.1, 0.15) is 23.4 Å². The van der Waals surface area contributed by atoms with E-state index in [2.05, 4.69) is 10.6 Å². The standard InChI is InChI=1S/C29H47N3O5S/c1-8-20(3)32(27(35)23(16-17-38-7)31-28(36)37-29(4,5)6)25(21-14-15-24(33)19(2)18-21)26(34)30-22-12-10-9-11-13-22/h14-15,18,20,22-23,25,33H,8-13,16-17H2,1-7H3,(H,30,34)(H,31,36). The maximum Gasteiger partial charge on any atom is 0.408 e. The van der Waals surface area contributed by atoms with E-state index in [1.54, 1.807) is 62.6 Å². The zero-order chi connectivity index (χ0) is 28.5. The van der Waals surface area contributed by atoms with Crippen LogP contribution in [0.25, 0.3) is 0 Å². The molecule has 1 aliphatic carbocycles. The Morgan fingerprint density at radius 2 is 1.84 bits per heavy atom. The number of hydrogen-bond donors (Lipinski definition) is 3. The van der Waals surface area contributed by atoms with Crippen LogP contribution in [0.4, 0.5) is 4.79 Å². The topological polar surface area (TPSA) is 108 Å². The summed E-state index contributed by atoms with van der Waals surface area (Å²) in [4.78, 5) is 42.5. The highest BCUT2D eigenvalue weighted by molar-refractivity contribution is 7.98. The first kappa shape index (κ1) is 31.8. The lowest BCUT2D eigenvalue weighted by Gasteiger charge is -2.39. The number of thioether (sulfide) groups is 1.